The molecule has 0 saturated carbocycles. The smallest absolute Gasteiger partial charge is 0.308 e. The van der Waals surface area contributed by atoms with Crippen molar-refractivity contribution in [3.8, 4) is 0 Å². The first kappa shape index (κ1) is 16.5. The molecular formula is C13H15FN2O5. The van der Waals surface area contributed by atoms with Crippen LogP contribution in [-0.2, 0) is 4.79 Å². The van der Waals surface area contributed by atoms with Gasteiger partial charge in [-0.3, -0.25) is 19.7 Å². The first-order valence-electron chi connectivity index (χ1n) is 6.31. The Bertz CT molecular complexity index is 561. The van der Waals surface area contributed by atoms with Crippen LogP contribution in [-0.4, -0.2) is 28.5 Å². The van der Waals surface area contributed by atoms with E-state index in [2.05, 4.69) is 5.32 Å². The van der Waals surface area contributed by atoms with E-state index in [1.807, 2.05) is 0 Å². The third-order valence-electron chi connectivity index (χ3n) is 2.90. The summed E-state index contributed by atoms with van der Waals surface area (Å²) in [5, 5.41) is 22.0. The third kappa shape index (κ3) is 4.51. The average molecular weight is 298 g/mol. The van der Waals surface area contributed by atoms with Crippen LogP contribution in [0.5, 0.6) is 0 Å². The summed E-state index contributed by atoms with van der Waals surface area (Å²) in [5.41, 5.74) is -0.961. The van der Waals surface area contributed by atoms with Gasteiger partial charge >= 0.3 is 5.97 Å². The summed E-state index contributed by atoms with van der Waals surface area (Å²) in [6, 6.07) is 2.53. The molecule has 2 N–H and O–H groups in total. The molecule has 0 aliphatic carbocycles. The Morgan fingerprint density at radius 1 is 1.48 bits per heavy atom. The van der Waals surface area contributed by atoms with Gasteiger partial charge < -0.3 is 10.4 Å². The second kappa shape index (κ2) is 7.32. The van der Waals surface area contributed by atoms with E-state index in [-0.39, 0.29) is 6.54 Å². The van der Waals surface area contributed by atoms with E-state index in [0.29, 0.717) is 12.8 Å². The quantitative estimate of drug-likeness (QED) is 0.590. The Kier molecular flexibility index (Phi) is 5.77. The lowest BCUT2D eigenvalue weighted by molar-refractivity contribution is -0.385. The predicted octanol–water partition coefficient (Wildman–Crippen LogP) is 1.96. The third-order valence-corrected chi connectivity index (χ3v) is 2.90. The number of hydrogen-bond acceptors (Lipinski definition) is 4. The molecule has 1 aromatic rings. The molecule has 0 aliphatic rings. The number of nitro benzene ring substituents is 1. The van der Waals surface area contributed by atoms with Crippen LogP contribution in [0.25, 0.3) is 0 Å². The zero-order valence-electron chi connectivity index (χ0n) is 11.3. The summed E-state index contributed by atoms with van der Waals surface area (Å²) in [6.07, 6.45) is 0.980. The minimum atomic E-state index is -1.06. The van der Waals surface area contributed by atoms with Crippen molar-refractivity contribution in [2.45, 2.75) is 19.8 Å². The van der Waals surface area contributed by atoms with Crippen molar-refractivity contribution in [1.29, 1.82) is 0 Å². The number of carbonyl (C=O) groups excluding carboxylic acids is 1. The monoisotopic (exact) mass is 298 g/mol. The molecule has 1 aromatic carbocycles. The molecule has 0 radical (unpaired) electrons. The van der Waals surface area contributed by atoms with Gasteiger partial charge in [0, 0.05) is 12.6 Å². The standard InChI is InChI=1S/C13H15FN2O5/c1-2-3-8(13(18)19)7-15-12(17)10-6-9(14)4-5-11(10)16(20)21/h4-6,8H,2-3,7H2,1H3,(H,15,17)(H,18,19). The van der Waals surface area contributed by atoms with Crippen LogP contribution in [0.2, 0.25) is 0 Å². The van der Waals surface area contributed by atoms with E-state index >= 15 is 0 Å². The molecular weight excluding hydrogens is 283 g/mol. The van der Waals surface area contributed by atoms with Crippen molar-refractivity contribution >= 4 is 17.6 Å². The molecule has 0 aromatic heterocycles. The molecule has 8 heteroatoms. The van der Waals surface area contributed by atoms with E-state index in [0.717, 1.165) is 18.2 Å². The van der Waals surface area contributed by atoms with E-state index in [1.165, 1.54) is 0 Å². The number of halogens is 1. The molecule has 1 atom stereocenters. The minimum absolute atomic E-state index is 0.171. The summed E-state index contributed by atoms with van der Waals surface area (Å²) in [6.45, 7) is 1.63. The Hall–Kier alpha value is -2.51. The molecule has 0 bridgehead atoms. The van der Waals surface area contributed by atoms with Crippen LogP contribution >= 0.6 is 0 Å². The number of benzene rings is 1. The summed E-state index contributed by atoms with van der Waals surface area (Å²) in [5.74, 6) is -3.50. The molecule has 1 amide bonds. The van der Waals surface area contributed by atoms with Gasteiger partial charge in [-0.25, -0.2) is 4.39 Å². The first-order valence-corrected chi connectivity index (χ1v) is 6.31. The Morgan fingerprint density at radius 3 is 2.67 bits per heavy atom. The highest BCUT2D eigenvalue weighted by Gasteiger charge is 2.23. The molecule has 0 fully saturated rings. The van der Waals surface area contributed by atoms with Crippen molar-refractivity contribution in [1.82, 2.24) is 5.32 Å². The zero-order chi connectivity index (χ0) is 16.0. The Labute approximate surface area is 119 Å². The van der Waals surface area contributed by atoms with Crippen molar-refractivity contribution < 1.29 is 24.0 Å². The van der Waals surface area contributed by atoms with Gasteiger partial charge in [0.1, 0.15) is 11.4 Å². The second-order valence-electron chi connectivity index (χ2n) is 4.45. The van der Waals surface area contributed by atoms with Gasteiger partial charge in [0.05, 0.1) is 10.8 Å². The fraction of sp³-hybridized carbons (Fsp3) is 0.385. The number of amides is 1. The number of nitro groups is 1. The summed E-state index contributed by atoms with van der Waals surface area (Å²) < 4.78 is 13.1. The van der Waals surface area contributed by atoms with Crippen LogP contribution in [0.1, 0.15) is 30.1 Å². The lowest BCUT2D eigenvalue weighted by Crippen LogP contribution is -2.33. The van der Waals surface area contributed by atoms with Crippen molar-refractivity contribution in [2.75, 3.05) is 6.54 Å². The number of rotatable bonds is 7. The van der Waals surface area contributed by atoms with Gasteiger partial charge in [-0.05, 0) is 18.6 Å². The zero-order valence-corrected chi connectivity index (χ0v) is 11.3. The molecule has 1 rings (SSSR count). The molecule has 114 valence electrons. The fourth-order valence-electron chi connectivity index (χ4n) is 1.82. The number of hydrogen-bond donors (Lipinski definition) is 2. The number of nitrogens with zero attached hydrogens (tertiary/aromatic N) is 1. The lowest BCUT2D eigenvalue weighted by atomic mass is 10.0. The number of carbonyl (C=O) groups is 2. The number of carboxylic acid groups (broad SMARTS) is 1. The highest BCUT2D eigenvalue weighted by atomic mass is 19.1. The maximum Gasteiger partial charge on any atom is 0.308 e. The van der Waals surface area contributed by atoms with Crippen LogP contribution < -0.4 is 5.32 Å². The van der Waals surface area contributed by atoms with Gasteiger partial charge in [0.15, 0.2) is 0 Å². The molecule has 0 aliphatic heterocycles. The summed E-state index contributed by atoms with van der Waals surface area (Å²) in [4.78, 5) is 32.8. The van der Waals surface area contributed by atoms with E-state index in [4.69, 9.17) is 5.11 Å². The highest BCUT2D eigenvalue weighted by Crippen LogP contribution is 2.19. The molecule has 0 spiro atoms. The van der Waals surface area contributed by atoms with E-state index < -0.39 is 39.8 Å². The number of nitrogens with one attached hydrogen (secondary N) is 1. The van der Waals surface area contributed by atoms with Gasteiger partial charge in [0.25, 0.3) is 11.6 Å². The van der Waals surface area contributed by atoms with Gasteiger partial charge in [-0.1, -0.05) is 13.3 Å². The number of aliphatic carboxylic acids is 1. The van der Waals surface area contributed by atoms with Crippen LogP contribution in [0, 0.1) is 21.8 Å². The van der Waals surface area contributed by atoms with Gasteiger partial charge in [-0.15, -0.1) is 0 Å². The molecule has 7 nitrogen and oxygen atoms in total. The topological polar surface area (TPSA) is 110 Å². The second-order valence-corrected chi connectivity index (χ2v) is 4.45. The maximum atomic E-state index is 13.1. The molecule has 0 heterocycles. The van der Waals surface area contributed by atoms with Crippen molar-refractivity contribution in [3.05, 3.63) is 39.7 Å². The maximum absolute atomic E-state index is 13.1. The predicted molar refractivity (Wildman–Crippen MR) is 71.4 cm³/mol. The normalized spacial score (nSPS) is 11.7. The number of carboxylic acids is 1. The minimum Gasteiger partial charge on any atom is -0.481 e. The summed E-state index contributed by atoms with van der Waals surface area (Å²) in [7, 11) is 0. The molecule has 0 saturated heterocycles. The molecule has 21 heavy (non-hydrogen) atoms. The Morgan fingerprint density at radius 2 is 2.14 bits per heavy atom. The highest BCUT2D eigenvalue weighted by molar-refractivity contribution is 5.98. The lowest BCUT2D eigenvalue weighted by Gasteiger charge is -2.12. The van der Waals surface area contributed by atoms with Gasteiger partial charge in [-0.2, -0.15) is 0 Å². The first-order chi connectivity index (χ1) is 9.86. The Balaban J connectivity index is 2.86. The summed E-state index contributed by atoms with van der Waals surface area (Å²) >= 11 is 0. The largest absolute Gasteiger partial charge is 0.481 e. The van der Waals surface area contributed by atoms with Crippen molar-refractivity contribution in [3.63, 3.8) is 0 Å². The van der Waals surface area contributed by atoms with Crippen molar-refractivity contribution in [2.24, 2.45) is 5.92 Å². The molecule has 1 unspecified atom stereocenters. The van der Waals surface area contributed by atoms with Crippen LogP contribution in [0.4, 0.5) is 10.1 Å². The van der Waals surface area contributed by atoms with Crippen LogP contribution in [0.3, 0.4) is 0 Å². The SMILES string of the molecule is CCCC(CNC(=O)c1cc(F)ccc1[N+](=O)[O-])C(=O)O. The van der Waals surface area contributed by atoms with E-state index in [1.54, 1.807) is 6.92 Å². The fourth-order valence-corrected chi connectivity index (χ4v) is 1.82. The van der Waals surface area contributed by atoms with Crippen LogP contribution in [0.15, 0.2) is 18.2 Å². The average Bonchev–Trinajstić information content (AvgIpc) is 2.42. The van der Waals surface area contributed by atoms with E-state index in [9.17, 15) is 24.1 Å². The van der Waals surface area contributed by atoms with Gasteiger partial charge in [0.2, 0.25) is 0 Å².